The summed E-state index contributed by atoms with van der Waals surface area (Å²) in [6.45, 7) is 3.90. The van der Waals surface area contributed by atoms with Gasteiger partial charge in [0.15, 0.2) is 0 Å². The Hall–Kier alpha value is -2.55. The lowest BCUT2D eigenvalue weighted by molar-refractivity contribution is -0.116. The fourth-order valence-electron chi connectivity index (χ4n) is 3.51. The van der Waals surface area contributed by atoms with Gasteiger partial charge in [-0.05, 0) is 34.8 Å². The molecule has 1 aliphatic carbocycles. The van der Waals surface area contributed by atoms with Crippen LogP contribution >= 0.6 is 0 Å². The van der Waals surface area contributed by atoms with E-state index >= 15 is 0 Å². The van der Waals surface area contributed by atoms with Crippen LogP contribution in [0.15, 0.2) is 54.8 Å². The van der Waals surface area contributed by atoms with Crippen LogP contribution in [0, 0.1) is 5.92 Å². The minimum atomic E-state index is 0.0895. The first kappa shape index (κ1) is 13.1. The molecule has 0 spiro atoms. The van der Waals surface area contributed by atoms with Gasteiger partial charge in [0.2, 0.25) is 5.91 Å². The lowest BCUT2D eigenvalue weighted by Crippen LogP contribution is -2.22. The first-order valence-corrected chi connectivity index (χ1v) is 7.66. The average Bonchev–Trinajstić information content (AvgIpc) is 2.98. The molecular formula is C19H18N2O. The maximum Gasteiger partial charge on any atom is 0.224 e. The molecule has 2 unspecified atom stereocenters. The topological polar surface area (TPSA) is 41.1 Å². The van der Waals surface area contributed by atoms with Crippen LogP contribution in [0.2, 0.25) is 0 Å². The van der Waals surface area contributed by atoms with Gasteiger partial charge in [0.05, 0.1) is 11.7 Å². The van der Waals surface area contributed by atoms with E-state index in [0.717, 1.165) is 17.7 Å². The highest BCUT2D eigenvalue weighted by molar-refractivity contribution is 5.96. The first-order valence-electron chi connectivity index (χ1n) is 7.66. The Balaban J connectivity index is 1.75. The average molecular weight is 290 g/mol. The van der Waals surface area contributed by atoms with Crippen molar-refractivity contribution in [2.45, 2.75) is 18.9 Å². The Morgan fingerprint density at radius 3 is 3.00 bits per heavy atom. The van der Waals surface area contributed by atoms with E-state index in [2.05, 4.69) is 59.8 Å². The molecule has 1 amide bonds. The molecule has 4 rings (SSSR count). The van der Waals surface area contributed by atoms with E-state index in [4.69, 9.17) is 0 Å². The van der Waals surface area contributed by atoms with Crippen molar-refractivity contribution in [1.82, 2.24) is 5.32 Å². The van der Waals surface area contributed by atoms with Gasteiger partial charge in [0.25, 0.3) is 0 Å². The van der Waals surface area contributed by atoms with Gasteiger partial charge in [-0.3, -0.25) is 4.79 Å². The van der Waals surface area contributed by atoms with Crippen molar-refractivity contribution in [3.63, 3.8) is 0 Å². The van der Waals surface area contributed by atoms with Crippen molar-refractivity contribution < 1.29 is 4.79 Å². The Bertz CT molecular complexity index is 755. The molecule has 2 N–H and O–H groups in total. The zero-order chi connectivity index (χ0) is 15.1. The first-order chi connectivity index (χ1) is 10.8. The van der Waals surface area contributed by atoms with Gasteiger partial charge in [-0.2, -0.15) is 0 Å². The molecule has 2 aliphatic heterocycles. The number of anilines is 1. The summed E-state index contributed by atoms with van der Waals surface area (Å²) in [7, 11) is 0. The van der Waals surface area contributed by atoms with Crippen molar-refractivity contribution in [2.24, 2.45) is 5.92 Å². The molecule has 110 valence electrons. The normalized spacial score (nSPS) is 24.9. The predicted molar refractivity (Wildman–Crippen MR) is 89.2 cm³/mol. The molecule has 0 fully saturated rings. The number of benzene rings is 1. The third kappa shape index (κ3) is 2.01. The molecule has 0 aromatic heterocycles. The quantitative estimate of drug-likeness (QED) is 0.875. The highest BCUT2D eigenvalue weighted by Crippen LogP contribution is 2.39. The van der Waals surface area contributed by atoms with E-state index in [0.29, 0.717) is 12.3 Å². The monoisotopic (exact) mass is 290 g/mol. The zero-order valence-electron chi connectivity index (χ0n) is 12.3. The maximum atomic E-state index is 11.6. The highest BCUT2D eigenvalue weighted by atomic mass is 16.1. The summed E-state index contributed by atoms with van der Waals surface area (Å²) in [6, 6.07) is 4.61. The van der Waals surface area contributed by atoms with E-state index in [-0.39, 0.29) is 11.9 Å². The Morgan fingerprint density at radius 1 is 1.23 bits per heavy atom. The number of carbonyl (C=O) groups is 1. The summed E-state index contributed by atoms with van der Waals surface area (Å²) in [5.74, 6) is 0.463. The van der Waals surface area contributed by atoms with Gasteiger partial charge in [-0.15, -0.1) is 0 Å². The zero-order valence-corrected chi connectivity index (χ0v) is 12.3. The maximum absolute atomic E-state index is 11.6. The molecule has 22 heavy (non-hydrogen) atoms. The number of hydrogen-bond donors (Lipinski definition) is 2. The fourth-order valence-corrected chi connectivity index (χ4v) is 3.51. The van der Waals surface area contributed by atoms with Crippen LogP contribution in [0.4, 0.5) is 5.69 Å². The number of amides is 1. The van der Waals surface area contributed by atoms with Crippen molar-refractivity contribution in [2.75, 3.05) is 5.32 Å². The van der Waals surface area contributed by atoms with E-state index in [1.165, 1.54) is 16.7 Å². The summed E-state index contributed by atoms with van der Waals surface area (Å²) < 4.78 is 0. The summed E-state index contributed by atoms with van der Waals surface area (Å²) in [6.07, 6.45) is 13.9. The number of rotatable bonds is 2. The minimum absolute atomic E-state index is 0.0895. The molecular weight excluding hydrogens is 272 g/mol. The number of hydrogen-bond acceptors (Lipinski definition) is 2. The highest BCUT2D eigenvalue weighted by Gasteiger charge is 2.30. The third-order valence-corrected chi connectivity index (χ3v) is 4.63. The van der Waals surface area contributed by atoms with Crippen LogP contribution in [0.3, 0.4) is 0 Å². The number of aryl methyl sites for hydroxylation is 1. The van der Waals surface area contributed by atoms with Gasteiger partial charge in [0, 0.05) is 18.5 Å². The van der Waals surface area contributed by atoms with Crippen molar-refractivity contribution in [3.8, 4) is 0 Å². The van der Waals surface area contributed by atoms with Crippen LogP contribution < -0.4 is 10.6 Å². The van der Waals surface area contributed by atoms with Crippen molar-refractivity contribution in [3.05, 3.63) is 71.5 Å². The minimum Gasteiger partial charge on any atom is -0.383 e. The molecule has 3 nitrogen and oxygen atoms in total. The van der Waals surface area contributed by atoms with Crippen LogP contribution in [0.1, 0.15) is 29.2 Å². The largest absolute Gasteiger partial charge is 0.383 e. The molecule has 2 heterocycles. The van der Waals surface area contributed by atoms with Crippen molar-refractivity contribution >= 4 is 17.7 Å². The van der Waals surface area contributed by atoms with E-state index in [1.54, 1.807) is 0 Å². The number of carbonyl (C=O) groups excluding carboxylic acids is 1. The number of nitrogens with one attached hydrogen (secondary N) is 2. The van der Waals surface area contributed by atoms with Crippen LogP contribution in [-0.4, -0.2) is 5.91 Å². The van der Waals surface area contributed by atoms with Crippen LogP contribution in [0.5, 0.6) is 0 Å². The molecule has 0 saturated heterocycles. The molecule has 3 aliphatic rings. The summed E-state index contributed by atoms with van der Waals surface area (Å²) in [5.41, 5.74) is 5.71. The fraction of sp³-hybridized carbons (Fsp3) is 0.211. The van der Waals surface area contributed by atoms with E-state index in [1.807, 2.05) is 6.08 Å². The Morgan fingerprint density at radius 2 is 2.14 bits per heavy atom. The molecule has 1 aromatic carbocycles. The van der Waals surface area contributed by atoms with Gasteiger partial charge in [-0.25, -0.2) is 0 Å². The lowest BCUT2D eigenvalue weighted by atomic mass is 9.85. The second-order valence-corrected chi connectivity index (χ2v) is 5.96. The van der Waals surface area contributed by atoms with Crippen molar-refractivity contribution in [1.29, 1.82) is 0 Å². The van der Waals surface area contributed by atoms with Gasteiger partial charge >= 0.3 is 0 Å². The molecule has 1 aromatic rings. The summed E-state index contributed by atoms with van der Waals surface area (Å²) in [5, 5.41) is 6.48. The van der Waals surface area contributed by atoms with Gasteiger partial charge in [0.1, 0.15) is 0 Å². The second-order valence-electron chi connectivity index (χ2n) is 5.96. The molecule has 0 radical (unpaired) electrons. The Labute approximate surface area is 130 Å². The van der Waals surface area contributed by atoms with Gasteiger partial charge in [-0.1, -0.05) is 43.0 Å². The van der Waals surface area contributed by atoms with Crippen LogP contribution in [0.25, 0.3) is 6.08 Å². The molecule has 2 atom stereocenters. The predicted octanol–water partition coefficient (Wildman–Crippen LogP) is 3.48. The van der Waals surface area contributed by atoms with E-state index in [9.17, 15) is 4.79 Å². The van der Waals surface area contributed by atoms with Gasteiger partial charge < -0.3 is 10.6 Å². The smallest absolute Gasteiger partial charge is 0.224 e. The van der Waals surface area contributed by atoms with E-state index < -0.39 is 0 Å². The standard InChI is InChI=1S/C19H18N2O/c1-2-12-9-15(10-13-7-8-17(22)21-18(12)13)19-16-6-4-3-5-14(16)11-20-19/h2-6,9-11,16,19-20H,1,7-8H2,(H,21,22). The lowest BCUT2D eigenvalue weighted by Gasteiger charge is -2.25. The summed E-state index contributed by atoms with van der Waals surface area (Å²) in [4.78, 5) is 11.6. The number of fused-ring (bicyclic) bond motifs is 2. The molecule has 3 heteroatoms. The van der Waals surface area contributed by atoms with Crippen LogP contribution in [-0.2, 0) is 11.2 Å². The Kier molecular flexibility index (Phi) is 3.00. The molecule has 0 saturated carbocycles. The SMILES string of the molecule is C=Cc1cc(C2NC=C3C=CC=CC32)cc2c1NC(=O)CC2. The summed E-state index contributed by atoms with van der Waals surface area (Å²) >= 11 is 0. The third-order valence-electron chi connectivity index (χ3n) is 4.63. The second kappa shape index (κ2) is 5.02. The number of allylic oxidation sites excluding steroid dienone is 3. The molecule has 0 bridgehead atoms.